The van der Waals surface area contributed by atoms with E-state index < -0.39 is 5.97 Å². The molecule has 1 aromatic heterocycles. The minimum Gasteiger partial charge on any atom is -0.481 e. The van der Waals surface area contributed by atoms with Crippen molar-refractivity contribution in [3.8, 4) is 0 Å². The Morgan fingerprint density at radius 1 is 1.62 bits per heavy atom. The first-order valence-corrected chi connectivity index (χ1v) is 5.40. The molecule has 1 aliphatic rings. The Morgan fingerprint density at radius 2 is 2.46 bits per heavy atom. The molecule has 70 valence electrons. The highest BCUT2D eigenvalue weighted by Gasteiger charge is 2.36. The minimum absolute atomic E-state index is 0.0814. The van der Waals surface area contributed by atoms with Crippen molar-refractivity contribution in [1.82, 2.24) is 0 Å². The van der Waals surface area contributed by atoms with Gasteiger partial charge in [-0.1, -0.05) is 6.07 Å². The molecule has 2 atom stereocenters. The Labute approximate surface area is 81.2 Å². The second-order valence-electron chi connectivity index (χ2n) is 3.57. The topological polar surface area (TPSA) is 37.3 Å². The summed E-state index contributed by atoms with van der Waals surface area (Å²) in [5, 5.41) is 10.9. The van der Waals surface area contributed by atoms with E-state index in [1.165, 1.54) is 4.88 Å². The average molecular weight is 196 g/mol. The second kappa shape index (κ2) is 3.50. The van der Waals surface area contributed by atoms with E-state index in [-0.39, 0.29) is 5.92 Å². The van der Waals surface area contributed by atoms with E-state index in [9.17, 15) is 4.79 Å². The van der Waals surface area contributed by atoms with Crippen molar-refractivity contribution in [2.75, 3.05) is 0 Å². The maximum absolute atomic E-state index is 10.7. The number of carbonyl (C=O) groups is 1. The molecule has 1 heterocycles. The lowest BCUT2D eigenvalue weighted by Gasteiger charge is -2.32. The third kappa shape index (κ3) is 1.75. The summed E-state index contributed by atoms with van der Waals surface area (Å²) in [6.07, 6.45) is 2.90. The molecule has 1 fully saturated rings. The lowest BCUT2D eigenvalue weighted by molar-refractivity contribution is -0.147. The predicted molar refractivity (Wildman–Crippen MR) is 51.9 cm³/mol. The molecule has 0 spiro atoms. The van der Waals surface area contributed by atoms with Gasteiger partial charge >= 0.3 is 5.97 Å². The van der Waals surface area contributed by atoms with Gasteiger partial charge in [-0.15, -0.1) is 11.3 Å². The van der Waals surface area contributed by atoms with Gasteiger partial charge in [0, 0.05) is 4.88 Å². The smallest absolute Gasteiger partial charge is 0.306 e. The number of rotatable bonds is 3. The molecule has 2 nitrogen and oxygen atoms in total. The van der Waals surface area contributed by atoms with E-state index in [1.807, 2.05) is 11.4 Å². The SMILES string of the molecule is O=C(O)C1CCC1Cc1cccs1. The third-order valence-corrected chi connectivity index (χ3v) is 3.68. The van der Waals surface area contributed by atoms with Crippen LogP contribution in [0.1, 0.15) is 17.7 Å². The Balaban J connectivity index is 1.93. The molecule has 0 radical (unpaired) electrons. The zero-order chi connectivity index (χ0) is 9.26. The lowest BCUT2D eigenvalue weighted by atomic mass is 9.72. The monoisotopic (exact) mass is 196 g/mol. The van der Waals surface area contributed by atoms with E-state index >= 15 is 0 Å². The Hall–Kier alpha value is -0.830. The largest absolute Gasteiger partial charge is 0.481 e. The van der Waals surface area contributed by atoms with Gasteiger partial charge in [0.1, 0.15) is 0 Å². The van der Waals surface area contributed by atoms with Crippen molar-refractivity contribution in [3.63, 3.8) is 0 Å². The molecule has 1 N–H and O–H groups in total. The van der Waals surface area contributed by atoms with Crippen LogP contribution in [0.2, 0.25) is 0 Å². The van der Waals surface area contributed by atoms with Gasteiger partial charge in [0.15, 0.2) is 0 Å². The third-order valence-electron chi connectivity index (χ3n) is 2.78. The number of carboxylic acid groups (broad SMARTS) is 1. The van der Waals surface area contributed by atoms with Crippen LogP contribution < -0.4 is 0 Å². The molecular weight excluding hydrogens is 184 g/mol. The molecule has 0 aromatic carbocycles. The van der Waals surface area contributed by atoms with Crippen LogP contribution in [0.5, 0.6) is 0 Å². The summed E-state index contributed by atoms with van der Waals surface area (Å²) in [4.78, 5) is 12.0. The Bertz CT molecular complexity index is 292. The van der Waals surface area contributed by atoms with Crippen molar-refractivity contribution in [3.05, 3.63) is 22.4 Å². The summed E-state index contributed by atoms with van der Waals surface area (Å²) < 4.78 is 0. The van der Waals surface area contributed by atoms with Crippen LogP contribution in [0.4, 0.5) is 0 Å². The number of aliphatic carboxylic acids is 1. The van der Waals surface area contributed by atoms with Crippen LogP contribution >= 0.6 is 11.3 Å². The fraction of sp³-hybridized carbons (Fsp3) is 0.500. The van der Waals surface area contributed by atoms with Gasteiger partial charge in [-0.25, -0.2) is 0 Å². The summed E-state index contributed by atoms with van der Waals surface area (Å²) in [5.74, 6) is -0.314. The summed E-state index contributed by atoms with van der Waals surface area (Å²) in [6.45, 7) is 0. The van der Waals surface area contributed by atoms with Gasteiger partial charge in [0.2, 0.25) is 0 Å². The zero-order valence-corrected chi connectivity index (χ0v) is 8.09. The van der Waals surface area contributed by atoms with Gasteiger partial charge in [0.05, 0.1) is 5.92 Å². The number of thiophene rings is 1. The highest BCUT2D eigenvalue weighted by atomic mass is 32.1. The van der Waals surface area contributed by atoms with Gasteiger partial charge in [-0.2, -0.15) is 0 Å². The van der Waals surface area contributed by atoms with Crippen molar-refractivity contribution in [2.45, 2.75) is 19.3 Å². The van der Waals surface area contributed by atoms with E-state index in [0.29, 0.717) is 5.92 Å². The summed E-state index contributed by atoms with van der Waals surface area (Å²) in [7, 11) is 0. The minimum atomic E-state index is -0.618. The molecule has 13 heavy (non-hydrogen) atoms. The van der Waals surface area contributed by atoms with E-state index in [1.54, 1.807) is 11.3 Å². The maximum Gasteiger partial charge on any atom is 0.306 e. The van der Waals surface area contributed by atoms with E-state index in [4.69, 9.17) is 5.11 Å². The van der Waals surface area contributed by atoms with Crippen LogP contribution in [0.25, 0.3) is 0 Å². The normalized spacial score (nSPS) is 26.8. The molecule has 1 aromatic rings. The van der Waals surface area contributed by atoms with Crippen LogP contribution in [-0.4, -0.2) is 11.1 Å². The van der Waals surface area contributed by atoms with Gasteiger partial charge < -0.3 is 5.11 Å². The standard InChI is InChI=1S/C10H12O2S/c11-10(12)9-4-3-7(9)6-8-2-1-5-13-8/h1-2,5,7,9H,3-4,6H2,(H,11,12). The summed E-state index contributed by atoms with van der Waals surface area (Å²) in [6, 6.07) is 4.11. The van der Waals surface area contributed by atoms with Crippen molar-refractivity contribution in [1.29, 1.82) is 0 Å². The average Bonchev–Trinajstić information content (AvgIpc) is 2.48. The molecule has 0 bridgehead atoms. The van der Waals surface area contributed by atoms with Crippen LogP contribution in [-0.2, 0) is 11.2 Å². The number of hydrogen-bond acceptors (Lipinski definition) is 2. The highest BCUT2D eigenvalue weighted by molar-refractivity contribution is 7.09. The summed E-state index contributed by atoms with van der Waals surface area (Å²) in [5.41, 5.74) is 0. The molecular formula is C10H12O2S. The van der Waals surface area contributed by atoms with Crippen molar-refractivity contribution >= 4 is 17.3 Å². The molecule has 0 saturated heterocycles. The fourth-order valence-electron chi connectivity index (χ4n) is 1.83. The van der Waals surface area contributed by atoms with Crippen LogP contribution in [0, 0.1) is 11.8 Å². The summed E-state index contributed by atoms with van der Waals surface area (Å²) >= 11 is 1.72. The molecule has 0 amide bonds. The maximum atomic E-state index is 10.7. The molecule has 1 saturated carbocycles. The van der Waals surface area contributed by atoms with Gasteiger partial charge in [-0.05, 0) is 36.6 Å². The van der Waals surface area contributed by atoms with Crippen LogP contribution in [0.3, 0.4) is 0 Å². The molecule has 2 unspecified atom stereocenters. The Morgan fingerprint density at radius 3 is 2.92 bits per heavy atom. The fourth-order valence-corrected chi connectivity index (χ4v) is 2.62. The molecule has 2 rings (SSSR count). The Kier molecular flexibility index (Phi) is 2.36. The van der Waals surface area contributed by atoms with Crippen molar-refractivity contribution < 1.29 is 9.90 Å². The number of carboxylic acids is 1. The van der Waals surface area contributed by atoms with E-state index in [2.05, 4.69) is 6.07 Å². The second-order valence-corrected chi connectivity index (χ2v) is 4.60. The van der Waals surface area contributed by atoms with Gasteiger partial charge in [-0.3, -0.25) is 4.79 Å². The first kappa shape index (κ1) is 8.75. The van der Waals surface area contributed by atoms with Gasteiger partial charge in [0.25, 0.3) is 0 Å². The van der Waals surface area contributed by atoms with E-state index in [0.717, 1.165) is 19.3 Å². The number of hydrogen-bond donors (Lipinski definition) is 1. The zero-order valence-electron chi connectivity index (χ0n) is 7.27. The van der Waals surface area contributed by atoms with Crippen LogP contribution in [0.15, 0.2) is 17.5 Å². The first-order valence-electron chi connectivity index (χ1n) is 4.52. The predicted octanol–water partition coefficient (Wildman–Crippen LogP) is 2.40. The quantitative estimate of drug-likeness (QED) is 0.806. The molecule has 0 aliphatic heterocycles. The molecule has 1 aliphatic carbocycles. The first-order chi connectivity index (χ1) is 6.27. The van der Waals surface area contributed by atoms with Crippen molar-refractivity contribution in [2.24, 2.45) is 11.8 Å². The highest BCUT2D eigenvalue weighted by Crippen LogP contribution is 2.37. The molecule has 3 heteroatoms. The lowest BCUT2D eigenvalue weighted by Crippen LogP contribution is -2.33.